The summed E-state index contributed by atoms with van der Waals surface area (Å²) in [7, 11) is 0. The molecule has 0 aliphatic carbocycles. The van der Waals surface area contributed by atoms with Gasteiger partial charge in [-0.15, -0.1) is 0 Å². The van der Waals surface area contributed by atoms with Crippen LogP contribution in [0.25, 0.3) is 0 Å². The average molecular weight is 194 g/mol. The van der Waals surface area contributed by atoms with E-state index in [1.807, 2.05) is 6.92 Å². The van der Waals surface area contributed by atoms with Gasteiger partial charge in [0.25, 0.3) is 0 Å². The van der Waals surface area contributed by atoms with Gasteiger partial charge < -0.3 is 16.6 Å². The number of carboxylic acids is 1. The molecule has 5 N–H and O–H groups in total. The molecule has 0 radical (unpaired) electrons. The van der Waals surface area contributed by atoms with E-state index >= 15 is 0 Å². The van der Waals surface area contributed by atoms with Crippen LogP contribution < -0.4 is 11.5 Å². The maximum Gasteiger partial charge on any atom is 0.328 e. The van der Waals surface area contributed by atoms with Crippen LogP contribution >= 0.6 is 0 Å². The summed E-state index contributed by atoms with van der Waals surface area (Å²) in [6, 6.07) is 5.15. The Balaban J connectivity index is 3.26. The molecule has 0 heterocycles. The lowest BCUT2D eigenvalue weighted by atomic mass is 9.91. The van der Waals surface area contributed by atoms with Crippen molar-refractivity contribution in [3.8, 4) is 0 Å². The molecule has 0 amide bonds. The fourth-order valence-electron chi connectivity index (χ4n) is 1.27. The van der Waals surface area contributed by atoms with Crippen molar-refractivity contribution < 1.29 is 9.90 Å². The van der Waals surface area contributed by atoms with Crippen LogP contribution in [-0.2, 0) is 10.3 Å². The lowest BCUT2D eigenvalue weighted by Gasteiger charge is -2.21. The second kappa shape index (κ2) is 3.31. The predicted molar refractivity (Wildman–Crippen MR) is 54.8 cm³/mol. The van der Waals surface area contributed by atoms with E-state index in [0.29, 0.717) is 11.3 Å². The van der Waals surface area contributed by atoms with Gasteiger partial charge in [-0.2, -0.15) is 0 Å². The van der Waals surface area contributed by atoms with E-state index in [-0.39, 0.29) is 0 Å². The van der Waals surface area contributed by atoms with Crippen LogP contribution in [0, 0.1) is 6.92 Å². The van der Waals surface area contributed by atoms with Crippen molar-refractivity contribution in [2.75, 3.05) is 5.73 Å². The van der Waals surface area contributed by atoms with Crippen LogP contribution in [0.4, 0.5) is 5.69 Å². The molecule has 0 aliphatic heterocycles. The van der Waals surface area contributed by atoms with Gasteiger partial charge in [0.15, 0.2) is 0 Å². The molecule has 1 aromatic rings. The molecule has 4 heteroatoms. The highest BCUT2D eigenvalue weighted by Gasteiger charge is 2.31. The molecule has 0 fully saturated rings. The second-order valence-electron chi connectivity index (χ2n) is 3.60. The van der Waals surface area contributed by atoms with Crippen molar-refractivity contribution in [1.82, 2.24) is 0 Å². The largest absolute Gasteiger partial charge is 0.480 e. The maximum absolute atomic E-state index is 10.9. The molecule has 0 spiro atoms. The Morgan fingerprint density at radius 3 is 2.50 bits per heavy atom. The number of aliphatic carboxylic acids is 1. The number of carboxylic acid groups (broad SMARTS) is 1. The van der Waals surface area contributed by atoms with Gasteiger partial charge in [0.1, 0.15) is 5.54 Å². The van der Waals surface area contributed by atoms with Gasteiger partial charge in [-0.05, 0) is 25.5 Å². The first-order valence-electron chi connectivity index (χ1n) is 4.24. The van der Waals surface area contributed by atoms with Gasteiger partial charge in [0, 0.05) is 11.3 Å². The lowest BCUT2D eigenvalue weighted by Crippen LogP contribution is -2.42. The zero-order valence-electron chi connectivity index (χ0n) is 8.24. The fraction of sp³-hybridized carbons (Fsp3) is 0.300. The number of rotatable bonds is 2. The highest BCUT2D eigenvalue weighted by Crippen LogP contribution is 2.24. The topological polar surface area (TPSA) is 89.3 Å². The Morgan fingerprint density at radius 2 is 2.07 bits per heavy atom. The third kappa shape index (κ3) is 1.70. The van der Waals surface area contributed by atoms with Crippen LogP contribution in [0.3, 0.4) is 0 Å². The van der Waals surface area contributed by atoms with Crippen molar-refractivity contribution in [1.29, 1.82) is 0 Å². The Hall–Kier alpha value is -1.55. The minimum Gasteiger partial charge on any atom is -0.480 e. The van der Waals surface area contributed by atoms with Crippen LogP contribution in [0.5, 0.6) is 0 Å². The summed E-state index contributed by atoms with van der Waals surface area (Å²) in [5, 5.41) is 8.91. The number of nitrogen functional groups attached to an aromatic ring is 1. The SMILES string of the molecule is Cc1ccc(C(C)(N)C(=O)O)c(N)c1. The normalized spacial score (nSPS) is 14.8. The molecule has 1 aromatic carbocycles. The molecular weight excluding hydrogens is 180 g/mol. The van der Waals surface area contributed by atoms with Crippen LogP contribution in [-0.4, -0.2) is 11.1 Å². The average Bonchev–Trinajstić information content (AvgIpc) is 2.02. The minimum absolute atomic E-state index is 0.414. The summed E-state index contributed by atoms with van der Waals surface area (Å²) in [4.78, 5) is 10.9. The zero-order valence-corrected chi connectivity index (χ0v) is 8.24. The van der Waals surface area contributed by atoms with Gasteiger partial charge in [-0.25, -0.2) is 4.79 Å². The third-order valence-electron chi connectivity index (χ3n) is 2.21. The zero-order chi connectivity index (χ0) is 10.9. The van der Waals surface area contributed by atoms with E-state index in [1.54, 1.807) is 18.2 Å². The first kappa shape index (κ1) is 10.5. The summed E-state index contributed by atoms with van der Waals surface area (Å²) < 4.78 is 0. The van der Waals surface area contributed by atoms with Crippen molar-refractivity contribution >= 4 is 11.7 Å². The second-order valence-corrected chi connectivity index (χ2v) is 3.60. The molecule has 0 aliphatic rings. The van der Waals surface area contributed by atoms with Gasteiger partial charge in [0.05, 0.1) is 0 Å². The molecule has 0 saturated heterocycles. The number of hydrogen-bond acceptors (Lipinski definition) is 3. The summed E-state index contributed by atoms with van der Waals surface area (Å²) in [5.41, 5.74) is 11.8. The van der Waals surface area contributed by atoms with Crippen LogP contribution in [0.2, 0.25) is 0 Å². The van der Waals surface area contributed by atoms with E-state index in [1.165, 1.54) is 6.92 Å². The molecule has 0 aromatic heterocycles. The predicted octanol–water partition coefficient (Wildman–Crippen LogP) is 0.836. The third-order valence-corrected chi connectivity index (χ3v) is 2.21. The van der Waals surface area contributed by atoms with Crippen LogP contribution in [0.1, 0.15) is 18.1 Å². The van der Waals surface area contributed by atoms with Gasteiger partial charge in [-0.3, -0.25) is 0 Å². The number of carbonyl (C=O) groups is 1. The number of aryl methyl sites for hydroxylation is 1. The van der Waals surface area contributed by atoms with Gasteiger partial charge in [-0.1, -0.05) is 12.1 Å². The monoisotopic (exact) mass is 194 g/mol. The van der Waals surface area contributed by atoms with Crippen molar-refractivity contribution in [3.63, 3.8) is 0 Å². The van der Waals surface area contributed by atoms with E-state index in [9.17, 15) is 4.79 Å². The first-order valence-corrected chi connectivity index (χ1v) is 4.24. The van der Waals surface area contributed by atoms with E-state index in [4.69, 9.17) is 16.6 Å². The fourth-order valence-corrected chi connectivity index (χ4v) is 1.27. The molecule has 1 unspecified atom stereocenters. The summed E-state index contributed by atoms with van der Waals surface area (Å²) in [6.45, 7) is 3.31. The van der Waals surface area contributed by atoms with Crippen LogP contribution in [0.15, 0.2) is 18.2 Å². The Kier molecular flexibility index (Phi) is 2.49. The summed E-state index contributed by atoms with van der Waals surface area (Å²) >= 11 is 0. The Labute approximate surface area is 82.5 Å². The highest BCUT2D eigenvalue weighted by atomic mass is 16.4. The van der Waals surface area contributed by atoms with Gasteiger partial charge >= 0.3 is 5.97 Å². The molecule has 1 atom stereocenters. The van der Waals surface area contributed by atoms with Crippen molar-refractivity contribution in [3.05, 3.63) is 29.3 Å². The Bertz CT molecular complexity index is 372. The number of nitrogens with two attached hydrogens (primary N) is 2. The van der Waals surface area contributed by atoms with E-state index in [0.717, 1.165) is 5.56 Å². The van der Waals surface area contributed by atoms with Crippen molar-refractivity contribution in [2.45, 2.75) is 19.4 Å². The van der Waals surface area contributed by atoms with Crippen molar-refractivity contribution in [2.24, 2.45) is 5.73 Å². The lowest BCUT2D eigenvalue weighted by molar-refractivity contribution is -0.143. The first-order chi connectivity index (χ1) is 6.35. The highest BCUT2D eigenvalue weighted by molar-refractivity contribution is 5.82. The smallest absolute Gasteiger partial charge is 0.328 e. The van der Waals surface area contributed by atoms with E-state index in [2.05, 4.69) is 0 Å². The molecular formula is C10H14N2O2. The molecule has 4 nitrogen and oxygen atoms in total. The minimum atomic E-state index is -1.43. The number of anilines is 1. The van der Waals surface area contributed by atoms with Gasteiger partial charge in [0.2, 0.25) is 0 Å². The maximum atomic E-state index is 10.9. The molecule has 1 rings (SSSR count). The number of benzene rings is 1. The molecule has 0 saturated carbocycles. The molecule has 14 heavy (non-hydrogen) atoms. The van der Waals surface area contributed by atoms with E-state index < -0.39 is 11.5 Å². The standard InChI is InChI=1S/C10H14N2O2/c1-6-3-4-7(8(11)5-6)10(2,12)9(13)14/h3-5H,11-12H2,1-2H3,(H,13,14). The summed E-state index contributed by atoms with van der Waals surface area (Å²) in [5.74, 6) is -1.09. The quantitative estimate of drug-likeness (QED) is 0.608. The summed E-state index contributed by atoms with van der Waals surface area (Å²) in [6.07, 6.45) is 0. The molecule has 0 bridgehead atoms. The molecule has 76 valence electrons. The number of hydrogen-bond donors (Lipinski definition) is 3. The Morgan fingerprint density at radius 1 is 1.50 bits per heavy atom.